The fourth-order valence-electron chi connectivity index (χ4n) is 3.06. The maximum atomic E-state index is 5.40. The molecule has 21 heavy (non-hydrogen) atoms. The summed E-state index contributed by atoms with van der Waals surface area (Å²) in [6.45, 7) is 10.8. The van der Waals surface area contributed by atoms with Crippen molar-refractivity contribution in [2.45, 2.75) is 45.6 Å². The Bertz CT molecular complexity index is 472. The lowest BCUT2D eigenvalue weighted by Gasteiger charge is -2.28. The van der Waals surface area contributed by atoms with Crippen molar-refractivity contribution in [1.29, 1.82) is 0 Å². The zero-order valence-corrected chi connectivity index (χ0v) is 13.4. The summed E-state index contributed by atoms with van der Waals surface area (Å²) in [5.41, 5.74) is 3.54. The normalized spacial score (nSPS) is 20.6. The van der Waals surface area contributed by atoms with Gasteiger partial charge in [0.15, 0.2) is 0 Å². The highest BCUT2D eigenvalue weighted by Gasteiger charge is 2.23. The van der Waals surface area contributed by atoms with Gasteiger partial charge in [-0.3, -0.25) is 0 Å². The van der Waals surface area contributed by atoms with Crippen molar-refractivity contribution in [3.63, 3.8) is 0 Å². The number of nitrogens with zero attached hydrogens (tertiary/aromatic N) is 3. The Morgan fingerprint density at radius 1 is 1.19 bits per heavy atom. The Morgan fingerprint density at radius 3 is 2.38 bits per heavy atom. The summed E-state index contributed by atoms with van der Waals surface area (Å²) in [6, 6.07) is 0.751. The molecule has 2 heterocycles. The zero-order valence-electron chi connectivity index (χ0n) is 13.4. The summed E-state index contributed by atoms with van der Waals surface area (Å²) < 4.78 is 5.40. The average Bonchev–Trinajstić information content (AvgIpc) is 3.29. The number of hydrogen-bond acceptors (Lipinski definition) is 5. The number of aryl methyl sites for hydroxylation is 2. The molecule has 0 amide bonds. The number of morpholine rings is 1. The van der Waals surface area contributed by atoms with Crippen LogP contribution in [0.5, 0.6) is 0 Å². The smallest absolute Gasteiger partial charge is 0.225 e. The Labute approximate surface area is 127 Å². The van der Waals surface area contributed by atoms with E-state index in [1.54, 1.807) is 0 Å². The molecule has 5 nitrogen and oxygen atoms in total. The molecule has 1 saturated carbocycles. The van der Waals surface area contributed by atoms with Gasteiger partial charge >= 0.3 is 0 Å². The second-order valence-corrected chi connectivity index (χ2v) is 6.29. The number of aromatic nitrogens is 2. The lowest BCUT2D eigenvalue weighted by molar-refractivity contribution is 0.122. The molecular weight excluding hydrogens is 264 g/mol. The van der Waals surface area contributed by atoms with Gasteiger partial charge in [-0.1, -0.05) is 6.92 Å². The fourth-order valence-corrected chi connectivity index (χ4v) is 3.06. The Morgan fingerprint density at radius 2 is 1.81 bits per heavy atom. The molecule has 1 atom stereocenters. The molecule has 1 saturated heterocycles. The van der Waals surface area contributed by atoms with E-state index in [0.717, 1.165) is 56.2 Å². The molecule has 116 valence electrons. The van der Waals surface area contributed by atoms with Gasteiger partial charge in [-0.25, -0.2) is 9.97 Å². The lowest BCUT2D eigenvalue weighted by Crippen LogP contribution is -2.37. The monoisotopic (exact) mass is 290 g/mol. The van der Waals surface area contributed by atoms with Crippen LogP contribution in [0.3, 0.4) is 0 Å². The van der Waals surface area contributed by atoms with E-state index in [0.29, 0.717) is 5.92 Å². The molecule has 1 N–H and O–H groups in total. The summed E-state index contributed by atoms with van der Waals surface area (Å²) in [5, 5.41) is 3.60. The molecule has 2 fully saturated rings. The van der Waals surface area contributed by atoms with Gasteiger partial charge in [0, 0.05) is 37.1 Å². The molecule has 0 aromatic carbocycles. The average molecular weight is 290 g/mol. The fraction of sp³-hybridized carbons (Fsp3) is 0.750. The van der Waals surface area contributed by atoms with E-state index in [1.807, 2.05) is 0 Å². The van der Waals surface area contributed by atoms with Gasteiger partial charge in [0.05, 0.1) is 13.2 Å². The van der Waals surface area contributed by atoms with Crippen molar-refractivity contribution in [2.24, 2.45) is 0 Å². The van der Waals surface area contributed by atoms with E-state index >= 15 is 0 Å². The number of hydrogen-bond donors (Lipinski definition) is 1. The summed E-state index contributed by atoms with van der Waals surface area (Å²) >= 11 is 0. The maximum Gasteiger partial charge on any atom is 0.225 e. The van der Waals surface area contributed by atoms with E-state index in [9.17, 15) is 0 Å². The van der Waals surface area contributed by atoms with Crippen LogP contribution >= 0.6 is 0 Å². The van der Waals surface area contributed by atoms with Crippen LogP contribution in [0.4, 0.5) is 5.95 Å². The van der Waals surface area contributed by atoms with E-state index in [4.69, 9.17) is 14.7 Å². The van der Waals surface area contributed by atoms with Crippen molar-refractivity contribution in [3.05, 3.63) is 17.0 Å². The summed E-state index contributed by atoms with van der Waals surface area (Å²) in [4.78, 5) is 11.7. The van der Waals surface area contributed by atoms with Crippen LogP contribution in [-0.2, 0) is 4.74 Å². The largest absolute Gasteiger partial charge is 0.378 e. The van der Waals surface area contributed by atoms with Crippen LogP contribution in [0.1, 0.15) is 42.6 Å². The third-order valence-corrected chi connectivity index (χ3v) is 4.39. The van der Waals surface area contributed by atoms with Crippen LogP contribution < -0.4 is 10.2 Å². The van der Waals surface area contributed by atoms with Crippen LogP contribution in [0.2, 0.25) is 0 Å². The standard InChI is InChI=1S/C16H26N4O/c1-11(10-17-14-4-5-14)15-12(2)18-16(19-13(15)3)20-6-8-21-9-7-20/h11,14,17H,4-10H2,1-3H3. The highest BCUT2D eigenvalue weighted by molar-refractivity contribution is 5.38. The minimum Gasteiger partial charge on any atom is -0.378 e. The highest BCUT2D eigenvalue weighted by Crippen LogP contribution is 2.25. The molecule has 3 rings (SSSR count). The Hall–Kier alpha value is -1.20. The second-order valence-electron chi connectivity index (χ2n) is 6.29. The molecule has 5 heteroatoms. The van der Waals surface area contributed by atoms with Gasteiger partial charge in [0.25, 0.3) is 0 Å². The maximum absolute atomic E-state index is 5.40. The van der Waals surface area contributed by atoms with Gasteiger partial charge in [-0.2, -0.15) is 0 Å². The van der Waals surface area contributed by atoms with E-state index in [2.05, 4.69) is 31.0 Å². The molecule has 1 aliphatic heterocycles. The van der Waals surface area contributed by atoms with E-state index in [1.165, 1.54) is 18.4 Å². The van der Waals surface area contributed by atoms with Crippen molar-refractivity contribution in [2.75, 3.05) is 37.7 Å². The molecule has 1 aliphatic carbocycles. The quantitative estimate of drug-likeness (QED) is 0.896. The Kier molecular flexibility index (Phi) is 4.40. The van der Waals surface area contributed by atoms with Gasteiger partial charge in [-0.05, 0) is 38.2 Å². The van der Waals surface area contributed by atoms with Gasteiger partial charge in [0.1, 0.15) is 0 Å². The minimum absolute atomic E-state index is 0.462. The summed E-state index contributed by atoms with van der Waals surface area (Å²) in [6.07, 6.45) is 2.66. The van der Waals surface area contributed by atoms with Crippen molar-refractivity contribution >= 4 is 5.95 Å². The van der Waals surface area contributed by atoms with Crippen molar-refractivity contribution in [1.82, 2.24) is 15.3 Å². The van der Waals surface area contributed by atoms with Gasteiger partial charge in [0.2, 0.25) is 5.95 Å². The number of rotatable bonds is 5. The predicted octanol–water partition coefficient (Wildman–Crippen LogP) is 1.79. The van der Waals surface area contributed by atoms with Crippen LogP contribution in [0.15, 0.2) is 0 Å². The van der Waals surface area contributed by atoms with Crippen LogP contribution in [0.25, 0.3) is 0 Å². The number of nitrogens with one attached hydrogen (secondary N) is 1. The number of ether oxygens (including phenoxy) is 1. The summed E-state index contributed by atoms with van der Waals surface area (Å²) in [7, 11) is 0. The highest BCUT2D eigenvalue weighted by atomic mass is 16.5. The first-order valence-corrected chi connectivity index (χ1v) is 8.06. The molecular formula is C16H26N4O. The molecule has 0 bridgehead atoms. The van der Waals surface area contributed by atoms with Crippen molar-refractivity contribution < 1.29 is 4.74 Å². The molecule has 0 spiro atoms. The predicted molar refractivity (Wildman–Crippen MR) is 84.0 cm³/mol. The van der Waals surface area contributed by atoms with Crippen molar-refractivity contribution in [3.8, 4) is 0 Å². The van der Waals surface area contributed by atoms with Gasteiger partial charge in [-0.15, -0.1) is 0 Å². The first-order valence-electron chi connectivity index (χ1n) is 8.06. The molecule has 0 radical (unpaired) electrons. The van der Waals surface area contributed by atoms with Gasteiger partial charge < -0.3 is 15.0 Å². The molecule has 1 aromatic heterocycles. The van der Waals surface area contributed by atoms with Crippen LogP contribution in [0, 0.1) is 13.8 Å². The first-order chi connectivity index (χ1) is 10.1. The second kappa shape index (κ2) is 6.28. The SMILES string of the molecule is Cc1nc(N2CCOCC2)nc(C)c1C(C)CNC1CC1. The molecule has 1 aromatic rings. The third kappa shape index (κ3) is 3.52. The lowest BCUT2D eigenvalue weighted by atomic mass is 9.98. The Balaban J connectivity index is 1.74. The number of anilines is 1. The summed E-state index contributed by atoms with van der Waals surface area (Å²) in [5.74, 6) is 1.32. The van der Waals surface area contributed by atoms with Crippen LogP contribution in [-0.4, -0.2) is 48.9 Å². The third-order valence-electron chi connectivity index (χ3n) is 4.39. The molecule has 2 aliphatic rings. The zero-order chi connectivity index (χ0) is 14.8. The van der Waals surface area contributed by atoms with E-state index < -0.39 is 0 Å². The minimum atomic E-state index is 0.462. The topological polar surface area (TPSA) is 50.3 Å². The molecule has 1 unspecified atom stereocenters. The first kappa shape index (κ1) is 14.7. The van der Waals surface area contributed by atoms with E-state index in [-0.39, 0.29) is 0 Å².